The van der Waals surface area contributed by atoms with Crippen LogP contribution in [0.25, 0.3) is 11.6 Å². The van der Waals surface area contributed by atoms with Gasteiger partial charge in [0, 0.05) is 46.7 Å². The van der Waals surface area contributed by atoms with Gasteiger partial charge < -0.3 is 15.0 Å². The largest absolute Gasteiger partial charge is 0.466 e. The Morgan fingerprint density at radius 3 is 2.58 bits per heavy atom. The second-order valence-corrected chi connectivity index (χ2v) is 12.5. The number of Topliss-reactive ketones (excluding diaryl/α,β-unsaturated/α-hetero) is 1. The zero-order valence-electron chi connectivity index (χ0n) is 22.6. The molecule has 3 aromatic rings. The fraction of sp³-hybridized carbons (Fsp3) is 0.300. The maximum Gasteiger partial charge on any atom is 0.306 e. The molecular weight excluding hydrogens is 530 g/mol. The molecule has 9 nitrogen and oxygen atoms in total. The average Bonchev–Trinajstić information content (AvgIpc) is 3.38. The molecule has 0 bridgehead atoms. The van der Waals surface area contributed by atoms with Crippen molar-refractivity contribution < 1.29 is 27.5 Å². The van der Waals surface area contributed by atoms with Gasteiger partial charge >= 0.3 is 5.97 Å². The van der Waals surface area contributed by atoms with Crippen LogP contribution in [0.15, 0.2) is 53.4 Å². The van der Waals surface area contributed by atoms with Crippen LogP contribution in [0.5, 0.6) is 0 Å². The number of carbonyl (C=O) groups is 3. The summed E-state index contributed by atoms with van der Waals surface area (Å²) < 4.78 is 33.4. The summed E-state index contributed by atoms with van der Waals surface area (Å²) in [6.45, 7) is 6.07. The van der Waals surface area contributed by atoms with Crippen molar-refractivity contribution in [2.75, 3.05) is 16.6 Å². The zero-order chi connectivity index (χ0) is 28.7. The monoisotopic (exact) mass is 561 g/mol. The summed E-state index contributed by atoms with van der Waals surface area (Å²) in [6.07, 6.45) is 3.09. The van der Waals surface area contributed by atoms with Gasteiger partial charge in [-0.3, -0.25) is 19.1 Å². The van der Waals surface area contributed by atoms with Crippen LogP contribution in [0.3, 0.4) is 0 Å². The fourth-order valence-corrected chi connectivity index (χ4v) is 6.42. The third-order valence-electron chi connectivity index (χ3n) is 7.07. The molecule has 5 rings (SSSR count). The average molecular weight is 562 g/mol. The van der Waals surface area contributed by atoms with Gasteiger partial charge in [-0.15, -0.1) is 0 Å². The molecule has 1 aliphatic carbocycles. The Balaban J connectivity index is 1.54. The van der Waals surface area contributed by atoms with Gasteiger partial charge in [-0.25, -0.2) is 8.42 Å². The van der Waals surface area contributed by atoms with Gasteiger partial charge in [0.15, 0.2) is 5.78 Å². The molecule has 0 radical (unpaired) electrons. The first-order valence-corrected chi connectivity index (χ1v) is 14.6. The highest BCUT2D eigenvalue weighted by Gasteiger charge is 2.35. The standard InChI is InChI=1S/C30H31N3O6S/c1-4-39-27(35)13-11-20-24(31-25-16-30(2,3)17-26(34)28(20)25)15-22-21-14-18(10-12-23(21)32-29(22)36)33-40(37,38)19-8-6-5-7-9-19/h5-10,12,14-15,31,33H,4,11,13,16-17H2,1-3H3,(H,32,36)/b22-15-. The van der Waals surface area contributed by atoms with Crippen molar-refractivity contribution in [2.24, 2.45) is 5.41 Å². The van der Waals surface area contributed by atoms with Crippen molar-refractivity contribution in [1.29, 1.82) is 0 Å². The minimum atomic E-state index is -3.83. The van der Waals surface area contributed by atoms with Crippen molar-refractivity contribution in [3.05, 3.63) is 76.6 Å². The van der Waals surface area contributed by atoms with Crippen LogP contribution in [0.4, 0.5) is 11.4 Å². The van der Waals surface area contributed by atoms with Crippen LogP contribution in [0.2, 0.25) is 0 Å². The van der Waals surface area contributed by atoms with Gasteiger partial charge in [-0.05, 0) is 67.2 Å². The molecule has 0 spiro atoms. The van der Waals surface area contributed by atoms with E-state index in [0.717, 1.165) is 5.69 Å². The molecule has 10 heteroatoms. The number of carbonyl (C=O) groups excluding carboxylic acids is 3. The number of nitrogens with one attached hydrogen (secondary N) is 3. The van der Waals surface area contributed by atoms with Gasteiger partial charge in [-0.1, -0.05) is 32.0 Å². The lowest BCUT2D eigenvalue weighted by Crippen LogP contribution is -2.27. The molecule has 40 heavy (non-hydrogen) atoms. The summed E-state index contributed by atoms with van der Waals surface area (Å²) >= 11 is 0. The smallest absolute Gasteiger partial charge is 0.306 e. The lowest BCUT2D eigenvalue weighted by molar-refractivity contribution is -0.143. The summed E-state index contributed by atoms with van der Waals surface area (Å²) in [5.41, 5.74) is 4.09. The predicted octanol–water partition coefficient (Wildman–Crippen LogP) is 4.96. The van der Waals surface area contributed by atoms with E-state index in [1.54, 1.807) is 49.4 Å². The van der Waals surface area contributed by atoms with Crippen LogP contribution in [0, 0.1) is 5.41 Å². The molecular formula is C30H31N3O6S. The van der Waals surface area contributed by atoms with Crippen LogP contribution in [-0.4, -0.2) is 37.7 Å². The summed E-state index contributed by atoms with van der Waals surface area (Å²) in [5, 5.41) is 2.82. The highest BCUT2D eigenvalue weighted by Crippen LogP contribution is 2.40. The molecule has 0 unspecified atom stereocenters. The number of benzene rings is 2. The molecule has 208 valence electrons. The molecule has 1 aliphatic heterocycles. The Kier molecular flexibility index (Phi) is 7.14. The number of hydrogen-bond donors (Lipinski definition) is 3. The number of aromatic nitrogens is 1. The van der Waals surface area contributed by atoms with Crippen molar-refractivity contribution in [3.63, 3.8) is 0 Å². The molecule has 0 atom stereocenters. The van der Waals surface area contributed by atoms with Crippen molar-refractivity contribution in [2.45, 2.75) is 51.3 Å². The number of ether oxygens (including phenoxy) is 1. The maximum atomic E-state index is 13.2. The number of ketones is 1. The number of rotatable bonds is 8. The van der Waals surface area contributed by atoms with E-state index >= 15 is 0 Å². The Morgan fingerprint density at radius 2 is 1.85 bits per heavy atom. The number of esters is 1. The van der Waals surface area contributed by atoms with Crippen molar-refractivity contribution in [1.82, 2.24) is 4.98 Å². The van der Waals surface area contributed by atoms with Crippen LogP contribution < -0.4 is 10.0 Å². The molecule has 0 saturated carbocycles. The Bertz CT molecular complexity index is 1650. The third kappa shape index (κ3) is 5.44. The number of aromatic amines is 1. The molecule has 1 aromatic heterocycles. The summed E-state index contributed by atoms with van der Waals surface area (Å²) in [5.74, 6) is -0.715. The van der Waals surface area contributed by atoms with E-state index in [-0.39, 0.29) is 47.4 Å². The molecule has 2 aliphatic rings. The maximum absolute atomic E-state index is 13.2. The zero-order valence-corrected chi connectivity index (χ0v) is 23.4. The lowest BCUT2D eigenvalue weighted by atomic mass is 9.75. The molecule has 0 fully saturated rings. The molecule has 1 amide bonds. The number of amides is 1. The van der Waals surface area contributed by atoms with Crippen LogP contribution >= 0.6 is 0 Å². The highest BCUT2D eigenvalue weighted by atomic mass is 32.2. The summed E-state index contributed by atoms with van der Waals surface area (Å²) in [7, 11) is -3.83. The van der Waals surface area contributed by atoms with Crippen LogP contribution in [-0.2, 0) is 37.2 Å². The number of sulfonamides is 1. The minimum absolute atomic E-state index is 0.000104. The van der Waals surface area contributed by atoms with Gasteiger partial charge in [0.25, 0.3) is 15.9 Å². The van der Waals surface area contributed by atoms with Crippen LogP contribution in [0.1, 0.15) is 66.5 Å². The van der Waals surface area contributed by atoms with Gasteiger partial charge in [0.2, 0.25) is 0 Å². The summed E-state index contributed by atoms with van der Waals surface area (Å²) in [6, 6.07) is 12.8. The van der Waals surface area contributed by atoms with Crippen molar-refractivity contribution >= 4 is 50.7 Å². The first kappa shape index (κ1) is 27.4. The first-order valence-electron chi connectivity index (χ1n) is 13.2. The molecule has 2 heterocycles. The Morgan fingerprint density at radius 1 is 1.10 bits per heavy atom. The lowest BCUT2D eigenvalue weighted by Gasteiger charge is -2.28. The molecule has 0 saturated heterocycles. The second kappa shape index (κ2) is 10.4. The SMILES string of the molecule is CCOC(=O)CCc1c(/C=C2\C(=O)Nc3ccc(NS(=O)(=O)c4ccccc4)cc32)[nH]c2c1C(=O)CC(C)(C)C2. The summed E-state index contributed by atoms with van der Waals surface area (Å²) in [4.78, 5) is 41.9. The molecule has 2 aromatic carbocycles. The van der Waals surface area contributed by atoms with E-state index < -0.39 is 10.0 Å². The first-order chi connectivity index (χ1) is 19.0. The Labute approximate surface area is 233 Å². The predicted molar refractivity (Wildman–Crippen MR) is 152 cm³/mol. The topological polar surface area (TPSA) is 134 Å². The fourth-order valence-electron chi connectivity index (χ4n) is 5.35. The van der Waals surface area contributed by atoms with E-state index in [2.05, 4.69) is 15.0 Å². The van der Waals surface area contributed by atoms with E-state index in [1.807, 2.05) is 13.8 Å². The number of fused-ring (bicyclic) bond motifs is 2. The second-order valence-electron chi connectivity index (χ2n) is 10.8. The quantitative estimate of drug-likeness (QED) is 0.263. The van der Waals surface area contributed by atoms with E-state index in [1.165, 1.54) is 12.1 Å². The van der Waals surface area contributed by atoms with E-state index in [4.69, 9.17) is 4.74 Å². The highest BCUT2D eigenvalue weighted by molar-refractivity contribution is 7.92. The van der Waals surface area contributed by atoms with Gasteiger partial charge in [0.05, 0.1) is 17.1 Å². The molecule has 3 N–H and O–H groups in total. The van der Waals surface area contributed by atoms with Crippen molar-refractivity contribution in [3.8, 4) is 0 Å². The van der Waals surface area contributed by atoms with Gasteiger partial charge in [0.1, 0.15) is 0 Å². The van der Waals surface area contributed by atoms with Gasteiger partial charge in [-0.2, -0.15) is 0 Å². The number of hydrogen-bond acceptors (Lipinski definition) is 6. The van der Waals surface area contributed by atoms with E-state index in [9.17, 15) is 22.8 Å². The number of H-pyrrole nitrogens is 1. The normalized spacial score (nSPS) is 16.8. The number of anilines is 2. The third-order valence-corrected chi connectivity index (χ3v) is 8.47. The minimum Gasteiger partial charge on any atom is -0.466 e. The van der Waals surface area contributed by atoms with E-state index in [0.29, 0.717) is 52.2 Å². The Hall–Kier alpha value is -4.18.